The number of hydrogen-bond acceptors (Lipinski definition) is 4. The van der Waals surface area contributed by atoms with Crippen molar-refractivity contribution in [1.29, 1.82) is 0 Å². The van der Waals surface area contributed by atoms with Gasteiger partial charge in [-0.15, -0.1) is 0 Å². The highest BCUT2D eigenvalue weighted by molar-refractivity contribution is 7.89. The van der Waals surface area contributed by atoms with Crippen molar-refractivity contribution in [3.63, 3.8) is 0 Å². The minimum atomic E-state index is -3.32. The molecule has 4 N–H and O–H groups in total. The van der Waals surface area contributed by atoms with Crippen LogP contribution in [0, 0.1) is 0 Å². The zero-order chi connectivity index (χ0) is 14.5. The van der Waals surface area contributed by atoms with E-state index in [0.717, 1.165) is 0 Å². The lowest BCUT2D eigenvalue weighted by molar-refractivity contribution is 0.0947. The van der Waals surface area contributed by atoms with E-state index in [2.05, 4.69) is 10.0 Å². The van der Waals surface area contributed by atoms with Crippen LogP contribution in [0.5, 0.6) is 0 Å². The first-order valence-corrected chi connectivity index (χ1v) is 7.76. The highest BCUT2D eigenvalue weighted by Gasteiger charge is 2.13. The molecule has 0 spiro atoms. The van der Waals surface area contributed by atoms with Crippen molar-refractivity contribution in [3.05, 3.63) is 18.0 Å². The van der Waals surface area contributed by atoms with Gasteiger partial charge in [-0.25, -0.2) is 13.1 Å². The van der Waals surface area contributed by atoms with E-state index >= 15 is 0 Å². The topological polar surface area (TPSA) is 106 Å². The van der Waals surface area contributed by atoms with Crippen LogP contribution in [-0.2, 0) is 16.6 Å². The van der Waals surface area contributed by atoms with Crippen molar-refractivity contribution in [1.82, 2.24) is 14.6 Å². The van der Waals surface area contributed by atoms with Crippen molar-refractivity contribution in [2.24, 2.45) is 0 Å². The summed E-state index contributed by atoms with van der Waals surface area (Å²) in [7, 11) is -3.32. The molecule has 0 bridgehead atoms. The van der Waals surface area contributed by atoms with Crippen LogP contribution in [0.15, 0.2) is 12.3 Å². The number of aromatic nitrogens is 1. The SMILES string of the molecule is CCNS(=O)(=O)CCNC(=O)c1cc(N)cn1CC. The van der Waals surface area contributed by atoms with Crippen LogP contribution in [0.1, 0.15) is 24.3 Å². The minimum Gasteiger partial charge on any atom is -0.397 e. The zero-order valence-corrected chi connectivity index (χ0v) is 12.0. The van der Waals surface area contributed by atoms with E-state index in [1.54, 1.807) is 23.8 Å². The molecular formula is C11H20N4O3S. The Hall–Kier alpha value is -1.54. The lowest BCUT2D eigenvalue weighted by Gasteiger charge is -2.08. The first-order chi connectivity index (χ1) is 8.89. The number of hydrogen-bond donors (Lipinski definition) is 3. The maximum Gasteiger partial charge on any atom is 0.268 e. The number of aryl methyl sites for hydroxylation is 1. The maximum atomic E-state index is 11.9. The summed E-state index contributed by atoms with van der Waals surface area (Å²) in [6, 6.07) is 1.57. The largest absolute Gasteiger partial charge is 0.397 e. The molecule has 108 valence electrons. The van der Waals surface area contributed by atoms with Gasteiger partial charge in [-0.1, -0.05) is 6.92 Å². The van der Waals surface area contributed by atoms with Crippen molar-refractivity contribution in [3.8, 4) is 0 Å². The van der Waals surface area contributed by atoms with Gasteiger partial charge >= 0.3 is 0 Å². The highest BCUT2D eigenvalue weighted by Crippen LogP contribution is 2.10. The lowest BCUT2D eigenvalue weighted by atomic mass is 10.4. The summed E-state index contributed by atoms with van der Waals surface area (Å²) in [5.41, 5.74) is 6.56. The average molecular weight is 288 g/mol. The van der Waals surface area contributed by atoms with Gasteiger partial charge in [-0.05, 0) is 13.0 Å². The van der Waals surface area contributed by atoms with Crippen molar-refractivity contribution >= 4 is 21.6 Å². The molecule has 0 aliphatic carbocycles. The smallest absolute Gasteiger partial charge is 0.268 e. The van der Waals surface area contributed by atoms with E-state index in [4.69, 9.17) is 5.73 Å². The van der Waals surface area contributed by atoms with Gasteiger partial charge in [0.25, 0.3) is 5.91 Å². The van der Waals surface area contributed by atoms with Crippen LogP contribution < -0.4 is 15.8 Å². The molecular weight excluding hydrogens is 268 g/mol. The zero-order valence-electron chi connectivity index (χ0n) is 11.1. The Morgan fingerprint density at radius 1 is 1.42 bits per heavy atom. The standard InChI is InChI=1S/C11H20N4O3S/c1-3-14-19(17,18)6-5-13-11(16)10-7-9(12)8-15(10)4-2/h7-8,14H,3-6,12H2,1-2H3,(H,13,16). The molecule has 1 amide bonds. The van der Waals surface area contributed by atoms with Crippen LogP contribution in [0.25, 0.3) is 0 Å². The normalized spacial score (nSPS) is 11.5. The number of carbonyl (C=O) groups excluding carboxylic acids is 1. The Balaban J connectivity index is 2.56. The monoisotopic (exact) mass is 288 g/mol. The number of nitrogens with one attached hydrogen (secondary N) is 2. The maximum absolute atomic E-state index is 11.9. The van der Waals surface area contributed by atoms with Crippen molar-refractivity contribution in [2.45, 2.75) is 20.4 Å². The molecule has 0 radical (unpaired) electrons. The average Bonchev–Trinajstić information content (AvgIpc) is 2.70. The van der Waals surface area contributed by atoms with E-state index in [-0.39, 0.29) is 18.2 Å². The predicted octanol–water partition coefficient (Wildman–Crippen LogP) is -0.241. The number of nitrogen functional groups attached to an aromatic ring is 1. The molecule has 7 nitrogen and oxygen atoms in total. The fourth-order valence-electron chi connectivity index (χ4n) is 1.67. The number of anilines is 1. The Morgan fingerprint density at radius 2 is 2.11 bits per heavy atom. The molecule has 1 heterocycles. The third-order valence-electron chi connectivity index (χ3n) is 2.51. The Morgan fingerprint density at radius 3 is 2.68 bits per heavy atom. The lowest BCUT2D eigenvalue weighted by Crippen LogP contribution is -2.35. The van der Waals surface area contributed by atoms with Gasteiger partial charge < -0.3 is 15.6 Å². The molecule has 0 fully saturated rings. The first-order valence-electron chi connectivity index (χ1n) is 6.10. The van der Waals surface area contributed by atoms with Crippen LogP contribution in [0.3, 0.4) is 0 Å². The number of rotatable bonds is 7. The summed E-state index contributed by atoms with van der Waals surface area (Å²) in [4.78, 5) is 11.9. The summed E-state index contributed by atoms with van der Waals surface area (Å²) < 4.78 is 26.8. The fraction of sp³-hybridized carbons (Fsp3) is 0.545. The summed E-state index contributed by atoms with van der Waals surface area (Å²) in [5.74, 6) is -0.472. The first kappa shape index (κ1) is 15.5. The molecule has 1 rings (SSSR count). The fourth-order valence-corrected chi connectivity index (χ4v) is 2.62. The van der Waals surface area contributed by atoms with Gasteiger partial charge in [-0.2, -0.15) is 0 Å². The van der Waals surface area contributed by atoms with Crippen LogP contribution in [-0.4, -0.2) is 37.7 Å². The Labute approximate surface area is 113 Å². The minimum absolute atomic E-state index is 0.0585. The van der Waals surface area contributed by atoms with Crippen LogP contribution in [0.2, 0.25) is 0 Å². The summed E-state index contributed by atoms with van der Waals surface area (Å²) in [5, 5.41) is 2.57. The number of nitrogens with zero attached hydrogens (tertiary/aromatic N) is 1. The summed E-state index contributed by atoms with van der Waals surface area (Å²) in [6.07, 6.45) is 1.67. The predicted molar refractivity (Wildman–Crippen MR) is 74.3 cm³/mol. The third kappa shape index (κ3) is 4.56. The third-order valence-corrected chi connectivity index (χ3v) is 3.98. The Bertz CT molecular complexity index is 536. The number of nitrogens with two attached hydrogens (primary N) is 1. The molecule has 19 heavy (non-hydrogen) atoms. The van der Waals surface area contributed by atoms with Gasteiger partial charge in [-0.3, -0.25) is 4.79 Å². The van der Waals surface area contributed by atoms with E-state index in [0.29, 0.717) is 24.5 Å². The second-order valence-corrected chi connectivity index (χ2v) is 5.94. The highest BCUT2D eigenvalue weighted by atomic mass is 32.2. The van der Waals surface area contributed by atoms with E-state index in [1.807, 2.05) is 6.92 Å². The second-order valence-electron chi connectivity index (χ2n) is 4.02. The van der Waals surface area contributed by atoms with E-state index < -0.39 is 10.0 Å². The molecule has 1 aromatic rings. The van der Waals surface area contributed by atoms with Crippen LogP contribution >= 0.6 is 0 Å². The molecule has 0 aliphatic heterocycles. The van der Waals surface area contributed by atoms with Crippen molar-refractivity contribution in [2.75, 3.05) is 24.6 Å². The van der Waals surface area contributed by atoms with Gasteiger partial charge in [0.15, 0.2) is 0 Å². The number of carbonyl (C=O) groups is 1. The number of sulfonamides is 1. The molecule has 0 saturated heterocycles. The molecule has 0 atom stereocenters. The molecule has 0 unspecified atom stereocenters. The molecule has 0 saturated carbocycles. The summed E-state index contributed by atoms with van der Waals surface area (Å²) in [6.45, 7) is 4.61. The second kappa shape index (κ2) is 6.58. The quantitative estimate of drug-likeness (QED) is 0.643. The van der Waals surface area contributed by atoms with Gasteiger partial charge in [0.05, 0.1) is 11.4 Å². The van der Waals surface area contributed by atoms with Crippen molar-refractivity contribution < 1.29 is 13.2 Å². The molecule has 1 aromatic heterocycles. The molecule has 8 heteroatoms. The van der Waals surface area contributed by atoms with Crippen LogP contribution in [0.4, 0.5) is 5.69 Å². The van der Waals surface area contributed by atoms with E-state index in [1.165, 1.54) is 0 Å². The van der Waals surface area contributed by atoms with Gasteiger partial charge in [0.2, 0.25) is 10.0 Å². The van der Waals surface area contributed by atoms with Gasteiger partial charge in [0, 0.05) is 25.8 Å². The Kier molecular flexibility index (Phi) is 5.37. The number of amides is 1. The van der Waals surface area contributed by atoms with Gasteiger partial charge in [0.1, 0.15) is 5.69 Å². The molecule has 0 aromatic carbocycles. The summed E-state index contributed by atoms with van der Waals surface area (Å²) >= 11 is 0. The van der Waals surface area contributed by atoms with E-state index in [9.17, 15) is 13.2 Å². The molecule has 0 aliphatic rings.